The number of thiocarbonyl (C=S) groups is 1. The molecule has 0 bridgehead atoms. The Labute approximate surface area is 76.0 Å². The Bertz CT molecular complexity index is 161. The zero-order valence-electron chi connectivity index (χ0n) is 6.81. The van der Waals surface area contributed by atoms with Gasteiger partial charge in [-0.25, -0.2) is 8.78 Å². The van der Waals surface area contributed by atoms with Gasteiger partial charge in [0.1, 0.15) is 0 Å². The summed E-state index contributed by atoms with van der Waals surface area (Å²) in [6.07, 6.45) is -0.750. The van der Waals surface area contributed by atoms with E-state index in [-0.39, 0.29) is 11.2 Å². The van der Waals surface area contributed by atoms with E-state index >= 15 is 0 Å². The highest BCUT2D eigenvalue weighted by Crippen LogP contribution is 1.88. The standard InChI is InChI=1S/C7H12F2N2S/c1-3-5(2)11-7(12)10-4-6(8)9/h3,5-6H,1,4H2,2H3,(H2,10,11,12). The van der Waals surface area contributed by atoms with Crippen LogP contribution in [0.5, 0.6) is 0 Å². The fraction of sp³-hybridized carbons (Fsp3) is 0.571. The van der Waals surface area contributed by atoms with Crippen LogP contribution >= 0.6 is 12.2 Å². The van der Waals surface area contributed by atoms with Gasteiger partial charge in [0, 0.05) is 6.04 Å². The number of halogens is 2. The average molecular weight is 194 g/mol. The molecule has 1 atom stereocenters. The fourth-order valence-corrected chi connectivity index (χ4v) is 0.756. The van der Waals surface area contributed by atoms with Crippen LogP contribution in [0.1, 0.15) is 6.92 Å². The Balaban J connectivity index is 3.53. The molecule has 0 aliphatic rings. The van der Waals surface area contributed by atoms with E-state index in [0.717, 1.165) is 0 Å². The second-order valence-electron chi connectivity index (χ2n) is 2.27. The van der Waals surface area contributed by atoms with Crippen molar-refractivity contribution in [2.24, 2.45) is 0 Å². The number of rotatable bonds is 4. The molecular weight excluding hydrogens is 182 g/mol. The number of hydrogen-bond donors (Lipinski definition) is 2. The first-order chi connectivity index (χ1) is 5.56. The Morgan fingerprint density at radius 3 is 2.67 bits per heavy atom. The molecule has 0 rings (SSSR count). The molecule has 70 valence electrons. The third kappa shape index (κ3) is 6.03. The minimum Gasteiger partial charge on any atom is -0.357 e. The predicted octanol–water partition coefficient (Wildman–Crippen LogP) is 1.29. The highest BCUT2D eigenvalue weighted by atomic mass is 32.1. The van der Waals surface area contributed by atoms with Crippen LogP contribution in [-0.2, 0) is 0 Å². The highest BCUT2D eigenvalue weighted by Gasteiger charge is 2.03. The van der Waals surface area contributed by atoms with E-state index in [1.165, 1.54) is 0 Å². The molecule has 1 unspecified atom stereocenters. The van der Waals surface area contributed by atoms with Gasteiger partial charge in [-0.05, 0) is 19.1 Å². The maximum atomic E-state index is 11.6. The third-order valence-electron chi connectivity index (χ3n) is 1.13. The van der Waals surface area contributed by atoms with Crippen LogP contribution in [0.15, 0.2) is 12.7 Å². The molecule has 2 N–H and O–H groups in total. The minimum absolute atomic E-state index is 0.0114. The predicted molar refractivity (Wildman–Crippen MR) is 49.4 cm³/mol. The van der Waals surface area contributed by atoms with Gasteiger partial charge < -0.3 is 10.6 Å². The van der Waals surface area contributed by atoms with Crippen molar-refractivity contribution >= 4 is 17.3 Å². The van der Waals surface area contributed by atoms with Gasteiger partial charge in [-0.3, -0.25) is 0 Å². The molecule has 0 heterocycles. The Kier molecular flexibility index (Phi) is 5.53. The van der Waals surface area contributed by atoms with Crippen molar-refractivity contribution in [2.45, 2.75) is 19.4 Å². The summed E-state index contributed by atoms with van der Waals surface area (Å²) >= 11 is 4.71. The lowest BCUT2D eigenvalue weighted by Gasteiger charge is -2.12. The van der Waals surface area contributed by atoms with Gasteiger partial charge in [0.05, 0.1) is 6.54 Å². The minimum atomic E-state index is -2.39. The lowest BCUT2D eigenvalue weighted by Crippen LogP contribution is -2.41. The van der Waals surface area contributed by atoms with Gasteiger partial charge in [-0.2, -0.15) is 0 Å². The van der Waals surface area contributed by atoms with Crippen LogP contribution in [0.25, 0.3) is 0 Å². The molecule has 0 amide bonds. The average Bonchev–Trinajstić information content (AvgIpc) is 2.00. The van der Waals surface area contributed by atoms with E-state index in [9.17, 15) is 8.78 Å². The maximum Gasteiger partial charge on any atom is 0.255 e. The first-order valence-corrected chi connectivity index (χ1v) is 3.92. The first-order valence-electron chi connectivity index (χ1n) is 3.51. The molecular formula is C7H12F2N2S. The summed E-state index contributed by atoms with van der Waals surface area (Å²) in [7, 11) is 0. The third-order valence-corrected chi connectivity index (χ3v) is 1.39. The van der Waals surface area contributed by atoms with Crippen LogP contribution in [0.3, 0.4) is 0 Å². The highest BCUT2D eigenvalue weighted by molar-refractivity contribution is 7.80. The summed E-state index contributed by atoms with van der Waals surface area (Å²) in [4.78, 5) is 0. The zero-order chi connectivity index (χ0) is 9.56. The molecule has 2 nitrogen and oxygen atoms in total. The zero-order valence-corrected chi connectivity index (χ0v) is 7.63. The molecule has 0 saturated carbocycles. The fourth-order valence-electron chi connectivity index (χ4n) is 0.487. The van der Waals surface area contributed by atoms with Crippen LogP contribution in [0.2, 0.25) is 0 Å². The van der Waals surface area contributed by atoms with Crippen molar-refractivity contribution in [3.8, 4) is 0 Å². The Morgan fingerprint density at radius 2 is 2.25 bits per heavy atom. The smallest absolute Gasteiger partial charge is 0.255 e. The van der Waals surface area contributed by atoms with E-state index in [4.69, 9.17) is 12.2 Å². The van der Waals surface area contributed by atoms with Gasteiger partial charge in [0.15, 0.2) is 5.11 Å². The van der Waals surface area contributed by atoms with Crippen LogP contribution < -0.4 is 10.6 Å². The lowest BCUT2D eigenvalue weighted by atomic mass is 10.3. The van der Waals surface area contributed by atoms with Gasteiger partial charge in [-0.1, -0.05) is 6.08 Å². The van der Waals surface area contributed by atoms with Crippen molar-refractivity contribution in [1.82, 2.24) is 10.6 Å². The van der Waals surface area contributed by atoms with Gasteiger partial charge in [0.25, 0.3) is 6.43 Å². The SMILES string of the molecule is C=CC(C)NC(=S)NCC(F)F. The molecule has 0 aromatic rings. The second kappa shape index (κ2) is 5.88. The largest absolute Gasteiger partial charge is 0.357 e. The molecule has 0 aromatic carbocycles. The van der Waals surface area contributed by atoms with Crippen LogP contribution in [0, 0.1) is 0 Å². The van der Waals surface area contributed by atoms with E-state index in [1.54, 1.807) is 6.08 Å². The van der Waals surface area contributed by atoms with Gasteiger partial charge >= 0.3 is 0 Å². The van der Waals surface area contributed by atoms with Crippen molar-refractivity contribution in [3.63, 3.8) is 0 Å². The molecule has 0 aromatic heterocycles. The van der Waals surface area contributed by atoms with Crippen molar-refractivity contribution in [3.05, 3.63) is 12.7 Å². The first kappa shape index (κ1) is 11.3. The van der Waals surface area contributed by atoms with Crippen LogP contribution in [0.4, 0.5) is 8.78 Å². The Morgan fingerprint density at radius 1 is 1.67 bits per heavy atom. The second-order valence-corrected chi connectivity index (χ2v) is 2.68. The number of alkyl halides is 2. The summed E-state index contributed by atoms with van der Waals surface area (Å²) in [6, 6.07) is -0.0114. The van der Waals surface area contributed by atoms with E-state index in [2.05, 4.69) is 17.2 Å². The van der Waals surface area contributed by atoms with Gasteiger partial charge in [0.2, 0.25) is 0 Å². The van der Waals surface area contributed by atoms with E-state index in [1.807, 2.05) is 6.92 Å². The lowest BCUT2D eigenvalue weighted by molar-refractivity contribution is 0.152. The van der Waals surface area contributed by atoms with Crippen molar-refractivity contribution in [2.75, 3.05) is 6.54 Å². The summed E-state index contributed by atoms with van der Waals surface area (Å²) < 4.78 is 23.3. The van der Waals surface area contributed by atoms with Crippen molar-refractivity contribution in [1.29, 1.82) is 0 Å². The molecule has 12 heavy (non-hydrogen) atoms. The molecule has 0 spiro atoms. The quantitative estimate of drug-likeness (QED) is 0.521. The monoisotopic (exact) mass is 194 g/mol. The van der Waals surface area contributed by atoms with Gasteiger partial charge in [-0.15, -0.1) is 6.58 Å². The molecule has 0 aliphatic heterocycles. The van der Waals surface area contributed by atoms with E-state index < -0.39 is 13.0 Å². The molecule has 5 heteroatoms. The van der Waals surface area contributed by atoms with Crippen molar-refractivity contribution < 1.29 is 8.78 Å². The molecule has 0 fully saturated rings. The molecule has 0 radical (unpaired) electrons. The normalized spacial score (nSPS) is 12.3. The van der Waals surface area contributed by atoms with Crippen LogP contribution in [-0.4, -0.2) is 24.1 Å². The molecule has 0 aliphatic carbocycles. The summed E-state index contributed by atoms with van der Waals surface area (Å²) in [6.45, 7) is 4.91. The molecule has 0 saturated heterocycles. The summed E-state index contributed by atoms with van der Waals surface area (Å²) in [5, 5.41) is 5.35. The topological polar surface area (TPSA) is 24.1 Å². The maximum absolute atomic E-state index is 11.6. The van der Waals surface area contributed by atoms with E-state index in [0.29, 0.717) is 0 Å². The number of nitrogens with one attached hydrogen (secondary N) is 2. The summed E-state index contributed by atoms with van der Waals surface area (Å²) in [5.41, 5.74) is 0. The summed E-state index contributed by atoms with van der Waals surface area (Å²) in [5.74, 6) is 0. The number of hydrogen-bond acceptors (Lipinski definition) is 1. The Hall–Kier alpha value is -0.710.